The summed E-state index contributed by atoms with van der Waals surface area (Å²) in [5.74, 6) is -0.403. The van der Waals surface area contributed by atoms with Crippen LogP contribution in [0.3, 0.4) is 0 Å². The minimum Gasteiger partial charge on any atom is -0.313 e. The summed E-state index contributed by atoms with van der Waals surface area (Å²) in [6, 6.07) is 10.5. The highest BCUT2D eigenvalue weighted by Gasteiger charge is 2.17. The van der Waals surface area contributed by atoms with Gasteiger partial charge in [-0.15, -0.1) is 0 Å². The molecule has 0 fully saturated rings. The van der Waals surface area contributed by atoms with Crippen LogP contribution in [0.4, 0.5) is 4.39 Å². The second kappa shape index (κ2) is 6.90. The van der Waals surface area contributed by atoms with E-state index in [9.17, 15) is 4.39 Å². The number of hydrogen-bond acceptors (Lipinski definition) is 1. The average molecular weight is 377 g/mol. The largest absolute Gasteiger partial charge is 0.313 e. The molecule has 0 aromatic heterocycles. The summed E-state index contributed by atoms with van der Waals surface area (Å²) in [6.45, 7) is 0. The van der Waals surface area contributed by atoms with Crippen LogP contribution in [0.15, 0.2) is 40.9 Å². The van der Waals surface area contributed by atoms with E-state index in [1.54, 1.807) is 6.07 Å². The van der Waals surface area contributed by atoms with Crippen molar-refractivity contribution in [3.63, 3.8) is 0 Å². The third-order valence-electron chi connectivity index (χ3n) is 3.16. The number of likely N-dealkylation sites (N-methyl/N-ethyl adjacent to an activating group) is 1. The predicted molar refractivity (Wildman–Crippen MR) is 86.1 cm³/mol. The monoisotopic (exact) mass is 375 g/mol. The van der Waals surface area contributed by atoms with E-state index in [1.165, 1.54) is 6.07 Å². The van der Waals surface area contributed by atoms with Crippen molar-refractivity contribution in [2.75, 3.05) is 7.05 Å². The smallest absolute Gasteiger partial charge is 0.142 e. The molecule has 2 aromatic rings. The first-order valence-electron chi connectivity index (χ1n) is 6.08. The summed E-state index contributed by atoms with van der Waals surface area (Å²) in [6.07, 6.45) is 0.559. The summed E-state index contributed by atoms with van der Waals surface area (Å²) in [4.78, 5) is 0. The molecular formula is C15H13BrCl2FN. The topological polar surface area (TPSA) is 12.0 Å². The fourth-order valence-corrected chi connectivity index (χ4v) is 2.93. The molecule has 1 unspecified atom stereocenters. The molecule has 0 aliphatic rings. The first-order chi connectivity index (χ1) is 9.54. The normalized spacial score (nSPS) is 12.4. The second-order valence-corrected chi connectivity index (χ2v) is 6.01. The summed E-state index contributed by atoms with van der Waals surface area (Å²) in [5, 5.41) is 4.01. The lowest BCUT2D eigenvalue weighted by molar-refractivity contribution is 0.584. The Bertz CT molecular complexity index is 619. The Balaban J connectivity index is 2.34. The Labute approximate surface area is 136 Å². The number of nitrogens with one attached hydrogen (secondary N) is 1. The Kier molecular flexibility index (Phi) is 5.44. The van der Waals surface area contributed by atoms with E-state index < -0.39 is 5.82 Å². The summed E-state index contributed by atoms with van der Waals surface area (Å²) in [5.41, 5.74) is 1.70. The average Bonchev–Trinajstić information content (AvgIpc) is 2.44. The molecule has 0 saturated heterocycles. The number of halogens is 4. The molecule has 1 nitrogen and oxygen atoms in total. The molecule has 20 heavy (non-hydrogen) atoms. The minimum atomic E-state index is -0.403. The standard InChI is InChI=1S/C15H13BrCl2FN/c1-20-13(10-5-3-6-11(16)15(10)18)8-9-4-2-7-12(19)14(9)17/h2-7,13,20H,8H2,1H3. The van der Waals surface area contributed by atoms with Gasteiger partial charge in [0, 0.05) is 10.5 Å². The molecule has 0 bridgehead atoms. The van der Waals surface area contributed by atoms with Gasteiger partial charge in [0.25, 0.3) is 0 Å². The van der Waals surface area contributed by atoms with Crippen molar-refractivity contribution in [1.29, 1.82) is 0 Å². The van der Waals surface area contributed by atoms with Crippen molar-refractivity contribution in [3.05, 3.63) is 67.9 Å². The van der Waals surface area contributed by atoms with Gasteiger partial charge in [-0.25, -0.2) is 4.39 Å². The van der Waals surface area contributed by atoms with Gasteiger partial charge in [-0.3, -0.25) is 0 Å². The molecule has 5 heteroatoms. The maximum absolute atomic E-state index is 13.5. The van der Waals surface area contributed by atoms with Gasteiger partial charge in [0.15, 0.2) is 0 Å². The van der Waals surface area contributed by atoms with Gasteiger partial charge >= 0.3 is 0 Å². The van der Waals surface area contributed by atoms with Crippen molar-refractivity contribution in [3.8, 4) is 0 Å². The molecule has 0 heterocycles. The molecule has 0 spiro atoms. The Hall–Kier alpha value is -0.610. The van der Waals surface area contributed by atoms with Crippen molar-refractivity contribution in [2.45, 2.75) is 12.5 Å². The zero-order valence-electron chi connectivity index (χ0n) is 10.8. The van der Waals surface area contributed by atoms with Crippen LogP contribution in [-0.4, -0.2) is 7.05 Å². The third kappa shape index (κ3) is 3.34. The van der Waals surface area contributed by atoms with E-state index in [2.05, 4.69) is 21.2 Å². The highest BCUT2D eigenvalue weighted by Crippen LogP contribution is 2.33. The predicted octanol–water partition coefficient (Wildman–Crippen LogP) is 5.40. The van der Waals surface area contributed by atoms with E-state index >= 15 is 0 Å². The van der Waals surface area contributed by atoms with Crippen LogP contribution in [0, 0.1) is 5.82 Å². The molecule has 1 N–H and O–H groups in total. The Morgan fingerprint density at radius 2 is 1.85 bits per heavy atom. The first-order valence-corrected chi connectivity index (χ1v) is 7.63. The lowest BCUT2D eigenvalue weighted by Gasteiger charge is -2.19. The summed E-state index contributed by atoms with van der Waals surface area (Å²) < 4.78 is 14.3. The van der Waals surface area contributed by atoms with Crippen LogP contribution >= 0.6 is 39.1 Å². The fourth-order valence-electron chi connectivity index (χ4n) is 2.08. The Morgan fingerprint density at radius 3 is 2.55 bits per heavy atom. The molecule has 0 saturated carbocycles. The van der Waals surface area contributed by atoms with Crippen LogP contribution in [0.5, 0.6) is 0 Å². The van der Waals surface area contributed by atoms with Gasteiger partial charge in [0.1, 0.15) is 5.82 Å². The van der Waals surface area contributed by atoms with Crippen LogP contribution < -0.4 is 5.32 Å². The van der Waals surface area contributed by atoms with Gasteiger partial charge < -0.3 is 5.32 Å². The van der Waals surface area contributed by atoms with Gasteiger partial charge in [0.05, 0.1) is 10.0 Å². The van der Waals surface area contributed by atoms with E-state index in [0.717, 1.165) is 15.6 Å². The lowest BCUT2D eigenvalue weighted by Crippen LogP contribution is -2.19. The van der Waals surface area contributed by atoms with Crippen LogP contribution in [0.25, 0.3) is 0 Å². The van der Waals surface area contributed by atoms with Crippen LogP contribution in [0.1, 0.15) is 17.2 Å². The maximum atomic E-state index is 13.5. The third-order valence-corrected chi connectivity index (χ3v) is 4.90. The fraction of sp³-hybridized carbons (Fsp3) is 0.200. The van der Waals surface area contributed by atoms with E-state index in [-0.39, 0.29) is 11.1 Å². The van der Waals surface area contributed by atoms with Crippen molar-refractivity contribution in [2.24, 2.45) is 0 Å². The van der Waals surface area contributed by atoms with Crippen LogP contribution in [-0.2, 0) is 6.42 Å². The number of rotatable bonds is 4. The zero-order valence-corrected chi connectivity index (χ0v) is 13.9. The lowest BCUT2D eigenvalue weighted by atomic mass is 9.99. The molecule has 0 amide bonds. The minimum absolute atomic E-state index is 0.0423. The molecule has 1 atom stereocenters. The van der Waals surface area contributed by atoms with Crippen molar-refractivity contribution < 1.29 is 4.39 Å². The molecule has 0 aliphatic carbocycles. The molecule has 106 valence electrons. The summed E-state index contributed by atoms with van der Waals surface area (Å²) >= 11 is 15.7. The molecule has 2 rings (SSSR count). The van der Waals surface area contributed by atoms with Crippen molar-refractivity contribution in [1.82, 2.24) is 5.32 Å². The highest BCUT2D eigenvalue weighted by molar-refractivity contribution is 9.10. The highest BCUT2D eigenvalue weighted by atomic mass is 79.9. The molecular weight excluding hydrogens is 364 g/mol. The van der Waals surface area contributed by atoms with Gasteiger partial charge in [-0.2, -0.15) is 0 Å². The summed E-state index contributed by atoms with van der Waals surface area (Å²) in [7, 11) is 1.84. The van der Waals surface area contributed by atoms with E-state index in [1.807, 2.05) is 31.3 Å². The van der Waals surface area contributed by atoms with Crippen molar-refractivity contribution >= 4 is 39.1 Å². The van der Waals surface area contributed by atoms with Gasteiger partial charge in [0.2, 0.25) is 0 Å². The van der Waals surface area contributed by atoms with E-state index in [4.69, 9.17) is 23.2 Å². The molecule has 2 aromatic carbocycles. The number of hydrogen-bond donors (Lipinski definition) is 1. The van der Waals surface area contributed by atoms with Crippen LogP contribution in [0.2, 0.25) is 10.0 Å². The molecule has 0 radical (unpaired) electrons. The van der Waals surface area contributed by atoms with E-state index in [0.29, 0.717) is 11.4 Å². The number of benzene rings is 2. The Morgan fingerprint density at radius 1 is 1.15 bits per heavy atom. The second-order valence-electron chi connectivity index (χ2n) is 4.40. The molecule has 0 aliphatic heterocycles. The first kappa shape index (κ1) is 15.8. The maximum Gasteiger partial charge on any atom is 0.142 e. The van der Waals surface area contributed by atoms with Gasteiger partial charge in [-0.1, -0.05) is 47.5 Å². The zero-order chi connectivity index (χ0) is 14.7. The quantitative estimate of drug-likeness (QED) is 0.753. The van der Waals surface area contributed by atoms with Gasteiger partial charge in [-0.05, 0) is 52.7 Å². The SMILES string of the molecule is CNC(Cc1cccc(F)c1Cl)c1cccc(Br)c1Cl.